The van der Waals surface area contributed by atoms with Gasteiger partial charge in [-0.05, 0) is 0 Å². The Morgan fingerprint density at radius 1 is 1.00 bits per heavy atom. The van der Waals surface area contributed by atoms with Crippen LogP contribution in [-0.2, 0) is 43.1 Å². The summed E-state index contributed by atoms with van der Waals surface area (Å²) < 4.78 is 0. The number of carbonyl (C=O) groups excluding carboxylic acids is 2. The molecule has 0 saturated heterocycles. The molecule has 0 aliphatic carbocycles. The van der Waals surface area contributed by atoms with Gasteiger partial charge in [0.1, 0.15) is 0 Å². The fraction of sp³-hybridized carbons (Fsp3) is 0. The van der Waals surface area contributed by atoms with Crippen LogP contribution in [0.4, 0.5) is 0 Å². The third kappa shape index (κ3) is 9.35. The van der Waals surface area contributed by atoms with Gasteiger partial charge in [0.2, 0.25) is 0 Å². The third-order valence-electron chi connectivity index (χ3n) is 0.167. The van der Waals surface area contributed by atoms with Gasteiger partial charge in [0.15, 0.2) is 0 Å². The predicted molar refractivity (Wildman–Crippen MR) is 10.0 cm³/mol. The van der Waals surface area contributed by atoms with Gasteiger partial charge in [-0.1, -0.05) is 0 Å². The van der Waals surface area contributed by atoms with Crippen LogP contribution in [-0.4, -0.2) is 11.9 Å². The normalized spacial score (nSPS) is 5.50. The Morgan fingerprint density at radius 2 is 1.12 bits per heavy atom. The molecule has 0 aromatic rings. The van der Waals surface area contributed by atoms with Crippen LogP contribution in [0.2, 0.25) is 0 Å². The van der Waals surface area contributed by atoms with Crippen LogP contribution in [0.15, 0.2) is 0 Å². The van der Waals surface area contributed by atoms with Crippen LogP contribution in [0.1, 0.15) is 0 Å². The van der Waals surface area contributed by atoms with E-state index in [9.17, 15) is 0 Å². The number of aliphatic carboxylic acids is 2. The summed E-state index contributed by atoms with van der Waals surface area (Å²) in [5, 5.41) is 17.9. The summed E-state index contributed by atoms with van der Waals surface area (Å²) in [4.78, 5) is 17.9. The molecule has 0 bridgehead atoms. The molecule has 0 aromatic carbocycles. The van der Waals surface area contributed by atoms with E-state index in [2.05, 4.69) is 0 Å². The number of hydrogen-bond acceptors (Lipinski definition) is 4. The zero-order valence-corrected chi connectivity index (χ0v) is 5.18. The Bertz CT molecular complexity index is 80.0. The summed E-state index contributed by atoms with van der Waals surface area (Å²) in [7, 11) is 0. The van der Waals surface area contributed by atoms with E-state index < -0.39 is 11.9 Å². The van der Waals surface area contributed by atoms with Crippen LogP contribution >= 0.6 is 0 Å². The molecular formula is C2CuNiO4. The molecule has 0 atom stereocenters. The molecule has 0 saturated carbocycles. The summed E-state index contributed by atoms with van der Waals surface area (Å²) >= 11 is 0. The molecular weight excluding hydrogens is 210 g/mol. The monoisotopic (exact) mass is 209 g/mol. The van der Waals surface area contributed by atoms with Gasteiger partial charge in [-0.2, -0.15) is 0 Å². The largest absolute Gasteiger partial charge is 2.00 e. The molecule has 0 unspecified atom stereocenters. The first-order valence-corrected chi connectivity index (χ1v) is 1.07. The molecule has 0 rings (SSSR count). The molecule has 6 heteroatoms. The Morgan fingerprint density at radius 3 is 1.12 bits per heavy atom. The summed E-state index contributed by atoms with van der Waals surface area (Å²) in [5.74, 6) is -4.37. The van der Waals surface area contributed by atoms with E-state index in [1.54, 1.807) is 0 Å². The number of hydrogen-bond donors (Lipinski definition) is 0. The van der Waals surface area contributed by atoms with Crippen molar-refractivity contribution in [2.24, 2.45) is 0 Å². The van der Waals surface area contributed by atoms with Crippen LogP contribution in [0, 0.1) is 0 Å². The van der Waals surface area contributed by atoms with Gasteiger partial charge in [-0.3, -0.25) is 0 Å². The van der Waals surface area contributed by atoms with Gasteiger partial charge < -0.3 is 19.8 Å². The van der Waals surface area contributed by atoms with Crippen molar-refractivity contribution in [2.45, 2.75) is 0 Å². The summed E-state index contributed by atoms with van der Waals surface area (Å²) in [6, 6.07) is 0. The SMILES string of the molecule is O=C([O-])C(=O)[O-].[Cu+2].[Ni]. The van der Waals surface area contributed by atoms with Crippen molar-refractivity contribution in [3.05, 3.63) is 0 Å². The Balaban J connectivity index is -0.000000125. The van der Waals surface area contributed by atoms with E-state index >= 15 is 0 Å². The van der Waals surface area contributed by atoms with Crippen molar-refractivity contribution < 1.29 is 53.4 Å². The van der Waals surface area contributed by atoms with Gasteiger partial charge >= 0.3 is 17.1 Å². The van der Waals surface area contributed by atoms with Gasteiger partial charge in [0, 0.05) is 16.5 Å². The Labute approximate surface area is 65.7 Å². The molecule has 8 heavy (non-hydrogen) atoms. The summed E-state index contributed by atoms with van der Waals surface area (Å²) in [5.41, 5.74) is 0. The second kappa shape index (κ2) is 6.95. The first-order valence-electron chi connectivity index (χ1n) is 1.07. The van der Waals surface area contributed by atoms with Gasteiger partial charge in [-0.15, -0.1) is 0 Å². The molecule has 0 amide bonds. The number of carboxylic acid groups (broad SMARTS) is 2. The van der Waals surface area contributed by atoms with E-state index in [-0.39, 0.29) is 33.6 Å². The second-order valence-electron chi connectivity index (χ2n) is 0.575. The van der Waals surface area contributed by atoms with Crippen molar-refractivity contribution in [2.75, 3.05) is 0 Å². The van der Waals surface area contributed by atoms with Crippen LogP contribution in [0.5, 0.6) is 0 Å². The Kier molecular flexibility index (Phi) is 13.6. The van der Waals surface area contributed by atoms with Crippen molar-refractivity contribution in [3.8, 4) is 0 Å². The average Bonchev–Trinajstić information content (AvgIpc) is 1.36. The van der Waals surface area contributed by atoms with E-state index in [0.29, 0.717) is 0 Å². The average molecular weight is 210 g/mol. The molecule has 0 spiro atoms. The maximum absolute atomic E-state index is 8.93. The summed E-state index contributed by atoms with van der Waals surface area (Å²) in [6.45, 7) is 0. The van der Waals surface area contributed by atoms with Gasteiger partial charge in [0.05, 0.1) is 11.9 Å². The van der Waals surface area contributed by atoms with Crippen molar-refractivity contribution in [1.82, 2.24) is 0 Å². The molecule has 0 aliphatic rings. The van der Waals surface area contributed by atoms with Crippen LogP contribution < -0.4 is 10.2 Å². The fourth-order valence-corrected chi connectivity index (χ4v) is 0. The maximum atomic E-state index is 8.93. The van der Waals surface area contributed by atoms with Crippen LogP contribution in [0.3, 0.4) is 0 Å². The topological polar surface area (TPSA) is 80.3 Å². The van der Waals surface area contributed by atoms with Gasteiger partial charge in [-0.25, -0.2) is 0 Å². The zero-order chi connectivity index (χ0) is 5.15. The fourth-order valence-electron chi connectivity index (χ4n) is 0. The minimum atomic E-state index is -2.19. The molecule has 1 radical (unpaired) electrons. The van der Waals surface area contributed by atoms with Crippen molar-refractivity contribution >= 4 is 11.9 Å². The maximum Gasteiger partial charge on any atom is 2.00 e. The third-order valence-corrected chi connectivity index (χ3v) is 0.167. The minimum Gasteiger partial charge on any atom is -0.543 e. The molecule has 53 valence electrons. The second-order valence-corrected chi connectivity index (χ2v) is 0.575. The molecule has 0 heterocycles. The quantitative estimate of drug-likeness (QED) is 0.307. The molecule has 0 aliphatic heterocycles. The van der Waals surface area contributed by atoms with Gasteiger partial charge in [0.25, 0.3) is 0 Å². The zero-order valence-electron chi connectivity index (χ0n) is 3.25. The smallest absolute Gasteiger partial charge is 0.543 e. The van der Waals surface area contributed by atoms with Crippen molar-refractivity contribution in [1.29, 1.82) is 0 Å². The molecule has 0 N–H and O–H groups in total. The first-order chi connectivity index (χ1) is 2.64. The number of carboxylic acids is 2. The molecule has 0 fully saturated rings. The van der Waals surface area contributed by atoms with E-state index in [4.69, 9.17) is 19.8 Å². The Hall–Kier alpha value is -0.0470. The molecule has 4 nitrogen and oxygen atoms in total. The van der Waals surface area contributed by atoms with E-state index in [1.807, 2.05) is 0 Å². The van der Waals surface area contributed by atoms with E-state index in [0.717, 1.165) is 0 Å². The van der Waals surface area contributed by atoms with Crippen molar-refractivity contribution in [3.63, 3.8) is 0 Å². The summed E-state index contributed by atoms with van der Waals surface area (Å²) in [6.07, 6.45) is 0. The molecule has 0 aromatic heterocycles. The number of carbonyl (C=O) groups is 2. The predicted octanol–water partition coefficient (Wildman–Crippen LogP) is -3.52. The van der Waals surface area contributed by atoms with E-state index in [1.165, 1.54) is 0 Å². The van der Waals surface area contributed by atoms with Crippen LogP contribution in [0.25, 0.3) is 0 Å². The minimum absolute atomic E-state index is 0. The standard InChI is InChI=1S/C2H2O4.Cu.Ni/c3-1(4)2(5)6;;/h(H,3,4)(H,5,6);;/q;+2;/p-2. The number of rotatable bonds is 0. The first kappa shape index (κ1) is 15.7.